The summed E-state index contributed by atoms with van der Waals surface area (Å²) in [5.41, 5.74) is 5.23. The van der Waals surface area contributed by atoms with Crippen molar-refractivity contribution in [1.82, 2.24) is 20.5 Å². The number of hydrogen-bond acceptors (Lipinski definition) is 5. The summed E-state index contributed by atoms with van der Waals surface area (Å²) in [6.07, 6.45) is 3.57. The molecule has 10 heteroatoms. The summed E-state index contributed by atoms with van der Waals surface area (Å²) in [6.45, 7) is 3.70. The molecule has 138 valence electrons. The molecule has 2 aliphatic rings. The monoisotopic (exact) mass is 378 g/mol. The van der Waals surface area contributed by atoms with E-state index in [1.807, 2.05) is 0 Å². The van der Waals surface area contributed by atoms with Crippen molar-refractivity contribution in [3.63, 3.8) is 0 Å². The molecule has 2 heterocycles. The van der Waals surface area contributed by atoms with Crippen molar-refractivity contribution in [3.8, 4) is 0 Å². The van der Waals surface area contributed by atoms with Crippen molar-refractivity contribution in [2.75, 3.05) is 32.0 Å². The number of amides is 1. The Hall–Kier alpha value is -0.970. The minimum Gasteiger partial charge on any atom is -0.376 e. The Morgan fingerprint density at radius 2 is 2.08 bits per heavy atom. The zero-order valence-electron chi connectivity index (χ0n) is 13.9. The molecule has 2 fully saturated rings. The second-order valence-electron chi connectivity index (χ2n) is 6.06. The molecule has 0 spiro atoms. The zero-order chi connectivity index (χ0) is 17.6. The van der Waals surface area contributed by atoms with Gasteiger partial charge in [0, 0.05) is 26.2 Å². The van der Waals surface area contributed by atoms with E-state index in [1.165, 1.54) is 4.31 Å². The van der Waals surface area contributed by atoms with Crippen LogP contribution in [0, 0.1) is 5.92 Å². The predicted molar refractivity (Wildman–Crippen MR) is 94.6 cm³/mol. The maximum Gasteiger partial charge on any atom is 0.242 e. The van der Waals surface area contributed by atoms with Gasteiger partial charge in [0.05, 0.1) is 17.8 Å². The number of carbonyl (C=O) groups is 1. The highest BCUT2D eigenvalue weighted by Crippen LogP contribution is 2.19. The molecule has 2 aliphatic heterocycles. The van der Waals surface area contributed by atoms with Gasteiger partial charge in [-0.05, 0) is 44.8 Å². The number of hydrogen-bond donors (Lipinski definition) is 3. The lowest BCUT2D eigenvalue weighted by molar-refractivity contribution is -0.126. The molecule has 2 saturated heterocycles. The third kappa shape index (κ3) is 5.54. The lowest BCUT2D eigenvalue weighted by Crippen LogP contribution is -2.52. The summed E-state index contributed by atoms with van der Waals surface area (Å²) in [7, 11) is -3.26. The van der Waals surface area contributed by atoms with Crippen LogP contribution >= 0.6 is 12.2 Å². The molecule has 0 saturated carbocycles. The van der Waals surface area contributed by atoms with Crippen LogP contribution in [0.15, 0.2) is 0 Å². The van der Waals surface area contributed by atoms with E-state index in [1.54, 1.807) is 6.92 Å². The number of rotatable bonds is 5. The van der Waals surface area contributed by atoms with E-state index in [-0.39, 0.29) is 30.2 Å². The highest BCUT2D eigenvalue weighted by molar-refractivity contribution is 7.89. The van der Waals surface area contributed by atoms with Crippen LogP contribution in [0.3, 0.4) is 0 Å². The van der Waals surface area contributed by atoms with Crippen molar-refractivity contribution in [2.24, 2.45) is 5.92 Å². The van der Waals surface area contributed by atoms with E-state index in [2.05, 4.69) is 16.2 Å². The first-order valence-electron chi connectivity index (χ1n) is 8.35. The van der Waals surface area contributed by atoms with Gasteiger partial charge in [-0.15, -0.1) is 0 Å². The Kier molecular flexibility index (Phi) is 7.20. The van der Waals surface area contributed by atoms with Crippen LogP contribution < -0.4 is 16.2 Å². The van der Waals surface area contributed by atoms with Crippen LogP contribution in [-0.4, -0.2) is 61.8 Å². The number of hydrazine groups is 1. The Labute approximate surface area is 148 Å². The van der Waals surface area contributed by atoms with Crippen molar-refractivity contribution < 1.29 is 17.9 Å². The van der Waals surface area contributed by atoms with E-state index in [0.29, 0.717) is 31.0 Å². The normalized spacial score (nSPS) is 25.2. The molecular weight excluding hydrogens is 352 g/mol. The van der Waals surface area contributed by atoms with E-state index >= 15 is 0 Å². The van der Waals surface area contributed by atoms with Gasteiger partial charge in [0.1, 0.15) is 0 Å². The molecule has 2 rings (SSSR count). The van der Waals surface area contributed by atoms with Crippen molar-refractivity contribution in [3.05, 3.63) is 0 Å². The van der Waals surface area contributed by atoms with Gasteiger partial charge in [-0.3, -0.25) is 15.6 Å². The first kappa shape index (κ1) is 19.4. The van der Waals surface area contributed by atoms with Gasteiger partial charge in [0.25, 0.3) is 0 Å². The molecule has 0 aromatic carbocycles. The minimum atomic E-state index is -3.26. The second kappa shape index (κ2) is 8.93. The average Bonchev–Trinajstić information content (AvgIpc) is 3.11. The molecule has 8 nitrogen and oxygen atoms in total. The topological polar surface area (TPSA) is 99.8 Å². The van der Waals surface area contributed by atoms with Gasteiger partial charge in [0.15, 0.2) is 5.11 Å². The molecule has 24 heavy (non-hydrogen) atoms. The van der Waals surface area contributed by atoms with Crippen molar-refractivity contribution >= 4 is 33.3 Å². The number of thiocarbonyl (C=S) groups is 1. The van der Waals surface area contributed by atoms with Crippen LogP contribution in [0.1, 0.15) is 32.6 Å². The fourth-order valence-corrected chi connectivity index (χ4v) is 4.18. The Morgan fingerprint density at radius 3 is 2.75 bits per heavy atom. The van der Waals surface area contributed by atoms with Crippen LogP contribution in [0.2, 0.25) is 0 Å². The van der Waals surface area contributed by atoms with Crippen molar-refractivity contribution in [1.29, 1.82) is 0 Å². The molecule has 1 amide bonds. The third-order valence-electron chi connectivity index (χ3n) is 4.33. The summed E-state index contributed by atoms with van der Waals surface area (Å²) < 4.78 is 30.7. The van der Waals surface area contributed by atoms with Gasteiger partial charge < -0.3 is 10.1 Å². The standard InChI is InChI=1S/C14H26N4O4S2/c1-2-24(20,21)18-7-3-5-11(10-18)13(19)16-17-14(23)15-9-12-6-4-8-22-12/h11-12H,2-10H2,1H3,(H,16,19)(H2,15,17,23)/t11-,12-/m0/s1. The summed E-state index contributed by atoms with van der Waals surface area (Å²) >= 11 is 5.11. The van der Waals surface area contributed by atoms with Gasteiger partial charge in [-0.25, -0.2) is 12.7 Å². The van der Waals surface area contributed by atoms with Crippen LogP contribution in [0.4, 0.5) is 0 Å². The number of ether oxygens (including phenoxy) is 1. The predicted octanol–water partition coefficient (Wildman–Crippen LogP) is -0.278. The Balaban J connectivity index is 1.72. The van der Waals surface area contributed by atoms with Crippen LogP contribution in [0.25, 0.3) is 0 Å². The highest BCUT2D eigenvalue weighted by Gasteiger charge is 2.31. The number of piperidine rings is 1. The molecule has 3 N–H and O–H groups in total. The number of sulfonamides is 1. The maximum atomic E-state index is 12.2. The molecule has 0 aliphatic carbocycles. The zero-order valence-corrected chi connectivity index (χ0v) is 15.5. The largest absolute Gasteiger partial charge is 0.376 e. The third-order valence-corrected chi connectivity index (χ3v) is 6.42. The van der Waals surface area contributed by atoms with E-state index < -0.39 is 10.0 Å². The summed E-state index contributed by atoms with van der Waals surface area (Å²) in [5, 5.41) is 3.33. The summed E-state index contributed by atoms with van der Waals surface area (Å²) in [6, 6.07) is 0. The Bertz CT molecular complexity index is 549. The first-order valence-corrected chi connectivity index (χ1v) is 10.4. The summed E-state index contributed by atoms with van der Waals surface area (Å²) in [4.78, 5) is 12.2. The Morgan fingerprint density at radius 1 is 1.29 bits per heavy atom. The van der Waals surface area contributed by atoms with Gasteiger partial charge in [-0.1, -0.05) is 0 Å². The van der Waals surface area contributed by atoms with Crippen LogP contribution in [0.5, 0.6) is 0 Å². The van der Waals surface area contributed by atoms with E-state index in [9.17, 15) is 13.2 Å². The highest BCUT2D eigenvalue weighted by atomic mass is 32.2. The van der Waals surface area contributed by atoms with Gasteiger partial charge in [0.2, 0.25) is 15.9 Å². The first-order chi connectivity index (χ1) is 11.4. The molecule has 0 aromatic heterocycles. The molecule has 0 unspecified atom stereocenters. The van der Waals surface area contributed by atoms with Crippen LogP contribution in [-0.2, 0) is 19.6 Å². The smallest absolute Gasteiger partial charge is 0.242 e. The van der Waals surface area contributed by atoms with Crippen molar-refractivity contribution in [2.45, 2.75) is 38.7 Å². The van der Waals surface area contributed by atoms with Gasteiger partial charge in [-0.2, -0.15) is 0 Å². The molecule has 0 aromatic rings. The summed E-state index contributed by atoms with van der Waals surface area (Å²) in [5.74, 6) is -0.558. The quantitative estimate of drug-likeness (QED) is 0.447. The molecular formula is C14H26N4O4S2. The van der Waals surface area contributed by atoms with E-state index in [4.69, 9.17) is 17.0 Å². The lowest BCUT2D eigenvalue weighted by Gasteiger charge is -2.31. The molecule has 0 radical (unpaired) electrons. The maximum absolute atomic E-state index is 12.2. The fourth-order valence-electron chi connectivity index (χ4n) is 2.87. The number of nitrogens with one attached hydrogen (secondary N) is 3. The average molecular weight is 379 g/mol. The second-order valence-corrected chi connectivity index (χ2v) is 8.72. The number of nitrogens with zero attached hydrogens (tertiary/aromatic N) is 1. The molecule has 2 atom stereocenters. The van der Waals surface area contributed by atoms with Gasteiger partial charge >= 0.3 is 0 Å². The minimum absolute atomic E-state index is 0.0524. The number of carbonyl (C=O) groups excluding carboxylic acids is 1. The SMILES string of the molecule is CCS(=O)(=O)N1CCC[C@H](C(=O)NNC(=S)NC[C@@H]2CCCO2)C1. The fraction of sp³-hybridized carbons (Fsp3) is 0.857. The molecule has 0 bridgehead atoms. The lowest BCUT2D eigenvalue weighted by atomic mass is 9.99. The van der Waals surface area contributed by atoms with E-state index in [0.717, 1.165) is 19.4 Å².